The number of hydrogen-bond acceptors (Lipinski definition) is 1. The van der Waals surface area contributed by atoms with Crippen molar-refractivity contribution < 1.29 is 0 Å². The second-order valence-electron chi connectivity index (χ2n) is 4.42. The highest BCUT2D eigenvalue weighted by atomic mass is 14.8. The summed E-state index contributed by atoms with van der Waals surface area (Å²) in [5.74, 6) is 0.704. The van der Waals surface area contributed by atoms with Crippen molar-refractivity contribution in [3.8, 4) is 0 Å². The standard InChI is InChI=1S/C12H17N/c1-9-3-5-10(6-4-9)12(2,13)11-7-8-11/h3-6,11H,7-8,13H2,1-2H3. The van der Waals surface area contributed by atoms with Crippen LogP contribution in [-0.4, -0.2) is 0 Å². The maximum atomic E-state index is 6.29. The third kappa shape index (κ3) is 1.61. The normalized spacial score (nSPS) is 21.2. The summed E-state index contributed by atoms with van der Waals surface area (Å²) in [5.41, 5.74) is 8.77. The summed E-state index contributed by atoms with van der Waals surface area (Å²) in [4.78, 5) is 0. The first-order valence-corrected chi connectivity index (χ1v) is 4.97. The van der Waals surface area contributed by atoms with Crippen molar-refractivity contribution in [2.75, 3.05) is 0 Å². The lowest BCUT2D eigenvalue weighted by Gasteiger charge is -2.25. The van der Waals surface area contributed by atoms with Crippen LogP contribution >= 0.6 is 0 Å². The van der Waals surface area contributed by atoms with Gasteiger partial charge in [0.25, 0.3) is 0 Å². The van der Waals surface area contributed by atoms with E-state index in [1.165, 1.54) is 24.0 Å². The highest BCUT2D eigenvalue weighted by Gasteiger charge is 2.39. The van der Waals surface area contributed by atoms with Gasteiger partial charge in [0.15, 0.2) is 0 Å². The summed E-state index contributed by atoms with van der Waals surface area (Å²) in [7, 11) is 0. The van der Waals surface area contributed by atoms with E-state index >= 15 is 0 Å². The Bertz CT molecular complexity index is 293. The van der Waals surface area contributed by atoms with Gasteiger partial charge < -0.3 is 5.73 Å². The lowest BCUT2D eigenvalue weighted by Crippen LogP contribution is -2.35. The fraction of sp³-hybridized carbons (Fsp3) is 0.500. The average Bonchev–Trinajstić information content (AvgIpc) is 2.87. The molecule has 1 aliphatic carbocycles. The minimum atomic E-state index is -0.103. The number of aryl methyl sites for hydroxylation is 1. The summed E-state index contributed by atoms with van der Waals surface area (Å²) in [6.07, 6.45) is 2.59. The quantitative estimate of drug-likeness (QED) is 0.734. The Morgan fingerprint density at radius 3 is 2.23 bits per heavy atom. The first-order chi connectivity index (χ1) is 6.10. The Morgan fingerprint density at radius 1 is 1.23 bits per heavy atom. The third-order valence-electron chi connectivity index (χ3n) is 3.10. The minimum absolute atomic E-state index is 0.103. The Kier molecular flexibility index (Phi) is 1.92. The van der Waals surface area contributed by atoms with Crippen LogP contribution in [0.1, 0.15) is 30.9 Å². The predicted molar refractivity (Wildman–Crippen MR) is 55.4 cm³/mol. The Labute approximate surface area is 80.0 Å². The summed E-state index contributed by atoms with van der Waals surface area (Å²) < 4.78 is 0. The Balaban J connectivity index is 2.28. The molecule has 70 valence electrons. The van der Waals surface area contributed by atoms with Crippen LogP contribution in [0.2, 0.25) is 0 Å². The molecule has 2 rings (SSSR count). The summed E-state index contributed by atoms with van der Waals surface area (Å²) in [6.45, 7) is 4.25. The predicted octanol–water partition coefficient (Wildman–Crippen LogP) is 2.58. The lowest BCUT2D eigenvalue weighted by molar-refractivity contribution is 0.427. The van der Waals surface area contributed by atoms with Crippen LogP contribution in [0.25, 0.3) is 0 Å². The van der Waals surface area contributed by atoms with E-state index in [9.17, 15) is 0 Å². The van der Waals surface area contributed by atoms with E-state index < -0.39 is 0 Å². The molecular weight excluding hydrogens is 158 g/mol. The topological polar surface area (TPSA) is 26.0 Å². The summed E-state index contributed by atoms with van der Waals surface area (Å²) >= 11 is 0. The molecule has 0 heterocycles. The van der Waals surface area contributed by atoms with Crippen LogP contribution in [-0.2, 0) is 5.54 Å². The second kappa shape index (κ2) is 2.85. The van der Waals surface area contributed by atoms with Crippen LogP contribution in [0.4, 0.5) is 0 Å². The fourth-order valence-electron chi connectivity index (χ4n) is 1.83. The SMILES string of the molecule is Cc1ccc(C(C)(N)C2CC2)cc1. The van der Waals surface area contributed by atoms with Gasteiger partial charge in [0.05, 0.1) is 0 Å². The number of rotatable bonds is 2. The molecule has 0 saturated heterocycles. The monoisotopic (exact) mass is 175 g/mol. The van der Waals surface area contributed by atoms with Gasteiger partial charge in [0.2, 0.25) is 0 Å². The van der Waals surface area contributed by atoms with Crippen molar-refractivity contribution >= 4 is 0 Å². The first-order valence-electron chi connectivity index (χ1n) is 4.97. The lowest BCUT2D eigenvalue weighted by atomic mass is 9.88. The van der Waals surface area contributed by atoms with Crippen LogP contribution in [0.15, 0.2) is 24.3 Å². The number of benzene rings is 1. The van der Waals surface area contributed by atoms with E-state index in [4.69, 9.17) is 5.73 Å². The van der Waals surface area contributed by atoms with Gasteiger partial charge in [-0.2, -0.15) is 0 Å². The van der Waals surface area contributed by atoms with E-state index in [1.807, 2.05) is 0 Å². The van der Waals surface area contributed by atoms with Crippen molar-refractivity contribution in [3.63, 3.8) is 0 Å². The van der Waals surface area contributed by atoms with E-state index in [1.54, 1.807) is 0 Å². The van der Waals surface area contributed by atoms with E-state index in [2.05, 4.69) is 38.1 Å². The Hall–Kier alpha value is -0.820. The van der Waals surface area contributed by atoms with Crippen molar-refractivity contribution in [2.45, 2.75) is 32.2 Å². The molecule has 0 radical (unpaired) electrons. The largest absolute Gasteiger partial charge is 0.321 e. The minimum Gasteiger partial charge on any atom is -0.321 e. The van der Waals surface area contributed by atoms with Crippen LogP contribution < -0.4 is 5.73 Å². The molecule has 1 aliphatic rings. The smallest absolute Gasteiger partial charge is 0.0409 e. The van der Waals surface area contributed by atoms with E-state index in [0.29, 0.717) is 5.92 Å². The molecule has 1 unspecified atom stereocenters. The molecule has 0 amide bonds. The molecular formula is C12H17N. The molecule has 1 aromatic rings. The van der Waals surface area contributed by atoms with E-state index in [-0.39, 0.29) is 5.54 Å². The zero-order chi connectivity index (χ0) is 9.47. The van der Waals surface area contributed by atoms with Gasteiger partial charge in [0.1, 0.15) is 0 Å². The molecule has 1 atom stereocenters. The Morgan fingerprint density at radius 2 is 1.77 bits per heavy atom. The molecule has 1 nitrogen and oxygen atoms in total. The van der Waals surface area contributed by atoms with Crippen molar-refractivity contribution in [1.29, 1.82) is 0 Å². The van der Waals surface area contributed by atoms with Gasteiger partial charge >= 0.3 is 0 Å². The van der Waals surface area contributed by atoms with Gasteiger partial charge in [-0.25, -0.2) is 0 Å². The van der Waals surface area contributed by atoms with Crippen molar-refractivity contribution in [2.24, 2.45) is 11.7 Å². The molecule has 1 aromatic carbocycles. The molecule has 1 saturated carbocycles. The summed E-state index contributed by atoms with van der Waals surface area (Å²) in [6, 6.07) is 8.60. The highest BCUT2D eigenvalue weighted by molar-refractivity contribution is 5.28. The first kappa shape index (κ1) is 8.76. The maximum Gasteiger partial charge on any atom is 0.0409 e. The molecule has 0 aromatic heterocycles. The molecule has 1 heteroatoms. The second-order valence-corrected chi connectivity index (χ2v) is 4.42. The van der Waals surface area contributed by atoms with Gasteiger partial charge in [0, 0.05) is 5.54 Å². The number of hydrogen-bond donors (Lipinski definition) is 1. The van der Waals surface area contributed by atoms with Crippen molar-refractivity contribution in [1.82, 2.24) is 0 Å². The van der Waals surface area contributed by atoms with Crippen molar-refractivity contribution in [3.05, 3.63) is 35.4 Å². The number of nitrogens with two attached hydrogens (primary N) is 1. The fourth-order valence-corrected chi connectivity index (χ4v) is 1.83. The summed E-state index contributed by atoms with van der Waals surface area (Å²) in [5, 5.41) is 0. The zero-order valence-electron chi connectivity index (χ0n) is 8.38. The molecule has 13 heavy (non-hydrogen) atoms. The molecule has 0 spiro atoms. The van der Waals surface area contributed by atoms with Gasteiger partial charge in [-0.15, -0.1) is 0 Å². The molecule has 0 aliphatic heterocycles. The molecule has 2 N–H and O–H groups in total. The zero-order valence-corrected chi connectivity index (χ0v) is 8.38. The van der Waals surface area contributed by atoms with Gasteiger partial charge in [-0.05, 0) is 38.2 Å². The van der Waals surface area contributed by atoms with E-state index in [0.717, 1.165) is 0 Å². The van der Waals surface area contributed by atoms with Crippen LogP contribution in [0, 0.1) is 12.8 Å². The maximum absolute atomic E-state index is 6.29. The average molecular weight is 175 g/mol. The van der Waals surface area contributed by atoms with Crippen LogP contribution in [0.3, 0.4) is 0 Å². The van der Waals surface area contributed by atoms with Crippen LogP contribution in [0.5, 0.6) is 0 Å². The third-order valence-corrected chi connectivity index (χ3v) is 3.10. The molecule has 1 fully saturated rings. The highest BCUT2D eigenvalue weighted by Crippen LogP contribution is 2.43. The van der Waals surface area contributed by atoms with Gasteiger partial charge in [-0.3, -0.25) is 0 Å². The van der Waals surface area contributed by atoms with Gasteiger partial charge in [-0.1, -0.05) is 29.8 Å². The molecule has 0 bridgehead atoms.